The zero-order valence-corrected chi connectivity index (χ0v) is 15.1. The Bertz CT molecular complexity index is 1060. The lowest BCUT2D eigenvalue weighted by Crippen LogP contribution is -2.36. The van der Waals surface area contributed by atoms with E-state index in [-0.39, 0.29) is 11.8 Å². The van der Waals surface area contributed by atoms with E-state index in [1.165, 1.54) is 5.56 Å². The second-order valence-electron chi connectivity index (χ2n) is 6.63. The van der Waals surface area contributed by atoms with Crippen LogP contribution in [-0.2, 0) is 0 Å². The number of hydrogen-bond donors (Lipinski definition) is 2. The van der Waals surface area contributed by atoms with Gasteiger partial charge in [-0.05, 0) is 30.7 Å². The molecule has 1 unspecified atom stereocenters. The van der Waals surface area contributed by atoms with E-state index in [1.807, 2.05) is 85.8 Å². The Morgan fingerprint density at radius 1 is 0.889 bits per heavy atom. The molecule has 0 aliphatic rings. The molecule has 4 nitrogen and oxygen atoms in total. The minimum atomic E-state index is -0.347. The van der Waals surface area contributed by atoms with Crippen LogP contribution in [0.5, 0.6) is 5.75 Å². The summed E-state index contributed by atoms with van der Waals surface area (Å²) >= 11 is 0. The van der Waals surface area contributed by atoms with Crippen LogP contribution in [-0.4, -0.2) is 10.1 Å². The summed E-state index contributed by atoms with van der Waals surface area (Å²) in [4.78, 5) is 4.35. The van der Waals surface area contributed by atoms with Gasteiger partial charge in [-0.15, -0.1) is 0 Å². The van der Waals surface area contributed by atoms with Gasteiger partial charge >= 0.3 is 0 Å². The minimum Gasteiger partial charge on any atom is -0.505 e. The number of rotatable bonds is 4. The molecule has 0 aliphatic heterocycles. The number of benzene rings is 3. The fraction of sp³-hybridized carbons (Fsp3) is 0.0870. The van der Waals surface area contributed by atoms with Crippen molar-refractivity contribution in [3.05, 3.63) is 102 Å². The Labute approximate surface area is 158 Å². The largest absolute Gasteiger partial charge is 0.505 e. The van der Waals surface area contributed by atoms with Crippen molar-refractivity contribution in [2.75, 3.05) is 5.01 Å². The third kappa shape index (κ3) is 3.23. The van der Waals surface area contributed by atoms with Crippen LogP contribution < -0.4 is 10.9 Å². The van der Waals surface area contributed by atoms with Gasteiger partial charge in [0.05, 0.1) is 11.7 Å². The molecule has 3 N–H and O–H groups in total. The molecule has 1 aromatic heterocycles. The van der Waals surface area contributed by atoms with Gasteiger partial charge < -0.3 is 5.11 Å². The standard InChI is InChI=1S/C23H21N3O/c1-16-9-12-19(13-10-16)26(24)22(18-6-3-2-4-7-18)20-14-11-17-8-5-15-25-21(17)23(20)27/h2-15,22,27H,24H2,1H3. The van der Waals surface area contributed by atoms with Crippen LogP contribution in [0, 0.1) is 6.92 Å². The van der Waals surface area contributed by atoms with E-state index in [0.717, 1.165) is 22.2 Å². The molecule has 134 valence electrons. The van der Waals surface area contributed by atoms with E-state index in [0.29, 0.717) is 5.52 Å². The summed E-state index contributed by atoms with van der Waals surface area (Å²) in [6.07, 6.45) is 1.68. The lowest BCUT2D eigenvalue weighted by molar-refractivity contribution is 0.468. The van der Waals surface area contributed by atoms with Gasteiger partial charge in [0.25, 0.3) is 0 Å². The maximum Gasteiger partial charge on any atom is 0.147 e. The molecule has 0 aliphatic carbocycles. The first kappa shape index (κ1) is 17.1. The molecule has 27 heavy (non-hydrogen) atoms. The number of phenolic OH excluding ortho intramolecular Hbond substituents is 1. The second kappa shape index (κ2) is 7.09. The molecule has 0 fully saturated rings. The number of hydrazine groups is 1. The third-order valence-electron chi connectivity index (χ3n) is 4.80. The highest BCUT2D eigenvalue weighted by atomic mass is 16.3. The van der Waals surface area contributed by atoms with Crippen molar-refractivity contribution in [1.29, 1.82) is 0 Å². The summed E-state index contributed by atoms with van der Waals surface area (Å²) in [5.41, 5.74) is 4.33. The highest BCUT2D eigenvalue weighted by molar-refractivity contribution is 5.86. The molecule has 1 atom stereocenters. The first-order valence-electron chi connectivity index (χ1n) is 8.87. The van der Waals surface area contributed by atoms with E-state index in [9.17, 15) is 5.11 Å². The van der Waals surface area contributed by atoms with Crippen molar-refractivity contribution in [2.45, 2.75) is 13.0 Å². The predicted molar refractivity (Wildman–Crippen MR) is 110 cm³/mol. The van der Waals surface area contributed by atoms with Gasteiger partial charge in [-0.2, -0.15) is 0 Å². The average molecular weight is 355 g/mol. The molecule has 4 rings (SSSR count). The number of phenols is 1. The first-order valence-corrected chi connectivity index (χ1v) is 8.87. The summed E-state index contributed by atoms with van der Waals surface area (Å²) in [6, 6.07) is 25.3. The van der Waals surface area contributed by atoms with Crippen LogP contribution in [0.15, 0.2) is 85.1 Å². The molecule has 0 saturated carbocycles. The van der Waals surface area contributed by atoms with Gasteiger partial charge in [0.2, 0.25) is 0 Å². The molecule has 4 heteroatoms. The van der Waals surface area contributed by atoms with Crippen molar-refractivity contribution >= 4 is 16.6 Å². The van der Waals surface area contributed by atoms with E-state index < -0.39 is 0 Å². The number of aromatic nitrogens is 1. The van der Waals surface area contributed by atoms with Gasteiger partial charge in [0, 0.05) is 17.1 Å². The molecule has 0 spiro atoms. The van der Waals surface area contributed by atoms with Crippen molar-refractivity contribution in [1.82, 2.24) is 4.98 Å². The molecular weight excluding hydrogens is 334 g/mol. The van der Waals surface area contributed by atoms with Crippen LogP contribution in [0.25, 0.3) is 10.9 Å². The number of nitrogens with two attached hydrogens (primary N) is 1. The number of anilines is 1. The molecule has 3 aromatic carbocycles. The zero-order valence-electron chi connectivity index (χ0n) is 15.1. The van der Waals surface area contributed by atoms with Crippen LogP contribution >= 0.6 is 0 Å². The summed E-state index contributed by atoms with van der Waals surface area (Å²) in [5, 5.41) is 13.6. The van der Waals surface area contributed by atoms with Crippen LogP contribution in [0.4, 0.5) is 5.69 Å². The lowest BCUT2D eigenvalue weighted by Gasteiger charge is -2.31. The van der Waals surface area contributed by atoms with E-state index in [4.69, 9.17) is 5.84 Å². The predicted octanol–water partition coefficient (Wildman–Crippen LogP) is 4.72. The lowest BCUT2D eigenvalue weighted by atomic mass is 9.95. The number of aromatic hydroxyl groups is 1. The van der Waals surface area contributed by atoms with E-state index in [2.05, 4.69) is 4.98 Å². The molecule has 4 aromatic rings. The summed E-state index contributed by atoms with van der Waals surface area (Å²) in [5.74, 6) is 6.73. The summed E-state index contributed by atoms with van der Waals surface area (Å²) in [6.45, 7) is 2.04. The third-order valence-corrected chi connectivity index (χ3v) is 4.80. The van der Waals surface area contributed by atoms with Gasteiger partial charge in [0.15, 0.2) is 0 Å². The molecular formula is C23H21N3O. The monoisotopic (exact) mass is 355 g/mol. The van der Waals surface area contributed by atoms with Crippen molar-refractivity contribution in [2.24, 2.45) is 5.84 Å². The topological polar surface area (TPSA) is 62.4 Å². The molecule has 0 radical (unpaired) electrons. The van der Waals surface area contributed by atoms with Crippen LogP contribution in [0.1, 0.15) is 22.7 Å². The Balaban J connectivity index is 1.89. The Morgan fingerprint density at radius 3 is 2.37 bits per heavy atom. The molecule has 1 heterocycles. The van der Waals surface area contributed by atoms with Crippen LogP contribution in [0.2, 0.25) is 0 Å². The smallest absolute Gasteiger partial charge is 0.147 e. The van der Waals surface area contributed by atoms with Crippen molar-refractivity contribution in [3.8, 4) is 5.75 Å². The van der Waals surface area contributed by atoms with Gasteiger partial charge in [-0.3, -0.25) is 9.99 Å². The number of aryl methyl sites for hydroxylation is 1. The number of fused-ring (bicyclic) bond motifs is 1. The number of hydrogen-bond acceptors (Lipinski definition) is 4. The summed E-state index contributed by atoms with van der Waals surface area (Å²) in [7, 11) is 0. The summed E-state index contributed by atoms with van der Waals surface area (Å²) < 4.78 is 0. The Hall–Kier alpha value is -3.37. The van der Waals surface area contributed by atoms with Gasteiger partial charge in [-0.25, -0.2) is 5.84 Å². The average Bonchev–Trinajstić information content (AvgIpc) is 2.71. The highest BCUT2D eigenvalue weighted by Gasteiger charge is 2.24. The molecule has 0 amide bonds. The maximum absolute atomic E-state index is 11.0. The SMILES string of the molecule is Cc1ccc(N(N)C(c2ccccc2)c2ccc3cccnc3c2O)cc1. The molecule has 0 saturated heterocycles. The second-order valence-corrected chi connectivity index (χ2v) is 6.63. The van der Waals surface area contributed by atoms with E-state index >= 15 is 0 Å². The van der Waals surface area contributed by atoms with Gasteiger partial charge in [-0.1, -0.05) is 66.2 Å². The zero-order chi connectivity index (χ0) is 18.8. The van der Waals surface area contributed by atoms with Crippen LogP contribution in [0.3, 0.4) is 0 Å². The Kier molecular flexibility index (Phi) is 4.48. The number of nitrogens with zero attached hydrogens (tertiary/aromatic N) is 2. The minimum absolute atomic E-state index is 0.157. The molecule has 0 bridgehead atoms. The highest BCUT2D eigenvalue weighted by Crippen LogP contribution is 2.38. The van der Waals surface area contributed by atoms with Crippen molar-refractivity contribution in [3.63, 3.8) is 0 Å². The number of pyridine rings is 1. The maximum atomic E-state index is 11.0. The fourth-order valence-corrected chi connectivity index (χ4v) is 3.36. The first-order chi connectivity index (χ1) is 13.1. The normalized spacial score (nSPS) is 12.1. The fourth-order valence-electron chi connectivity index (χ4n) is 3.36. The van der Waals surface area contributed by atoms with E-state index in [1.54, 1.807) is 11.2 Å². The van der Waals surface area contributed by atoms with Crippen molar-refractivity contribution < 1.29 is 5.11 Å². The van der Waals surface area contributed by atoms with Gasteiger partial charge in [0.1, 0.15) is 11.3 Å². The Morgan fingerprint density at radius 2 is 1.63 bits per heavy atom. The quantitative estimate of drug-likeness (QED) is 0.411.